The second-order valence-electron chi connectivity index (χ2n) is 3.44. The number of rotatable bonds is 1. The average molecular weight is 261 g/mol. The van der Waals surface area contributed by atoms with Gasteiger partial charge >= 0.3 is 0 Å². The highest BCUT2D eigenvalue weighted by molar-refractivity contribution is 6.33. The minimum atomic E-state index is -0.0386. The first-order valence-corrected chi connectivity index (χ1v) is 5.62. The van der Waals surface area contributed by atoms with Crippen molar-refractivity contribution in [2.45, 2.75) is 6.42 Å². The molecule has 1 fully saturated rings. The number of carbonyl (C=O) groups is 1. The summed E-state index contributed by atoms with van der Waals surface area (Å²) in [5, 5.41) is 3.31. The SMILES string of the molecule is O=C1CN(c2nc(Cl)ncc2Cl)CCCN1. The minimum absolute atomic E-state index is 0.0386. The number of anilines is 1. The van der Waals surface area contributed by atoms with Gasteiger partial charge in [0.1, 0.15) is 5.02 Å². The van der Waals surface area contributed by atoms with E-state index in [1.165, 1.54) is 6.20 Å². The van der Waals surface area contributed by atoms with Crippen LogP contribution in [0.15, 0.2) is 6.20 Å². The highest BCUT2D eigenvalue weighted by Crippen LogP contribution is 2.24. The molecule has 5 nitrogen and oxygen atoms in total. The third-order valence-electron chi connectivity index (χ3n) is 2.26. The Kier molecular flexibility index (Phi) is 3.46. The first-order chi connectivity index (χ1) is 7.66. The Balaban J connectivity index is 2.27. The Morgan fingerprint density at radius 2 is 2.25 bits per heavy atom. The van der Waals surface area contributed by atoms with Gasteiger partial charge < -0.3 is 10.2 Å². The summed E-state index contributed by atoms with van der Waals surface area (Å²) in [5.41, 5.74) is 0. The molecule has 7 heteroatoms. The Labute approximate surface area is 103 Å². The van der Waals surface area contributed by atoms with Crippen LogP contribution in [0.1, 0.15) is 6.42 Å². The molecule has 2 rings (SSSR count). The quantitative estimate of drug-likeness (QED) is 0.769. The van der Waals surface area contributed by atoms with Crippen LogP contribution in [0.25, 0.3) is 0 Å². The van der Waals surface area contributed by atoms with Crippen molar-refractivity contribution in [1.82, 2.24) is 15.3 Å². The van der Waals surface area contributed by atoms with Gasteiger partial charge in [0.05, 0.1) is 12.7 Å². The van der Waals surface area contributed by atoms with Gasteiger partial charge in [-0.2, -0.15) is 4.98 Å². The van der Waals surface area contributed by atoms with Crippen molar-refractivity contribution < 1.29 is 4.79 Å². The predicted octanol–water partition coefficient (Wildman–Crippen LogP) is 1.11. The van der Waals surface area contributed by atoms with Gasteiger partial charge in [-0.3, -0.25) is 4.79 Å². The lowest BCUT2D eigenvalue weighted by atomic mass is 10.4. The molecule has 1 aromatic rings. The van der Waals surface area contributed by atoms with Gasteiger partial charge in [0.2, 0.25) is 11.2 Å². The van der Waals surface area contributed by atoms with E-state index in [-0.39, 0.29) is 17.7 Å². The van der Waals surface area contributed by atoms with Crippen molar-refractivity contribution in [2.24, 2.45) is 0 Å². The number of halogens is 2. The van der Waals surface area contributed by atoms with Crippen LogP contribution in [-0.4, -0.2) is 35.5 Å². The molecule has 1 amide bonds. The van der Waals surface area contributed by atoms with Crippen LogP contribution in [0, 0.1) is 0 Å². The van der Waals surface area contributed by atoms with Crippen molar-refractivity contribution in [1.29, 1.82) is 0 Å². The fourth-order valence-corrected chi connectivity index (χ4v) is 1.89. The number of hydrogen-bond donors (Lipinski definition) is 1. The smallest absolute Gasteiger partial charge is 0.239 e. The molecule has 0 radical (unpaired) electrons. The zero-order valence-electron chi connectivity index (χ0n) is 8.41. The van der Waals surface area contributed by atoms with E-state index in [9.17, 15) is 4.79 Å². The second kappa shape index (κ2) is 4.84. The van der Waals surface area contributed by atoms with Crippen LogP contribution in [-0.2, 0) is 4.79 Å². The molecule has 0 aromatic carbocycles. The third kappa shape index (κ3) is 2.54. The maximum Gasteiger partial charge on any atom is 0.239 e. The van der Waals surface area contributed by atoms with E-state index in [2.05, 4.69) is 15.3 Å². The van der Waals surface area contributed by atoms with Crippen molar-refractivity contribution in [3.8, 4) is 0 Å². The van der Waals surface area contributed by atoms with Crippen molar-refractivity contribution in [3.05, 3.63) is 16.5 Å². The number of hydrogen-bond acceptors (Lipinski definition) is 4. The molecule has 0 saturated carbocycles. The summed E-state index contributed by atoms with van der Waals surface area (Å²) in [7, 11) is 0. The molecule has 1 aromatic heterocycles. The number of nitrogens with one attached hydrogen (secondary N) is 1. The summed E-state index contributed by atoms with van der Waals surface area (Å²) in [6.45, 7) is 1.63. The van der Waals surface area contributed by atoms with Crippen LogP contribution in [0.4, 0.5) is 5.82 Å². The standard InChI is InChI=1S/C9H10Cl2N4O/c10-6-4-13-9(11)14-8(6)15-3-1-2-12-7(16)5-15/h4H,1-3,5H2,(H,12,16). The topological polar surface area (TPSA) is 58.1 Å². The van der Waals surface area contributed by atoms with Crippen LogP contribution < -0.4 is 10.2 Å². The summed E-state index contributed by atoms with van der Waals surface area (Å²) >= 11 is 11.7. The lowest BCUT2D eigenvalue weighted by Gasteiger charge is -2.20. The summed E-state index contributed by atoms with van der Waals surface area (Å²) < 4.78 is 0. The molecule has 0 atom stereocenters. The van der Waals surface area contributed by atoms with Gasteiger partial charge in [-0.05, 0) is 18.0 Å². The number of nitrogens with zero attached hydrogens (tertiary/aromatic N) is 3. The molecule has 86 valence electrons. The number of carbonyl (C=O) groups excluding carboxylic acids is 1. The zero-order valence-corrected chi connectivity index (χ0v) is 9.92. The summed E-state index contributed by atoms with van der Waals surface area (Å²) in [5.74, 6) is 0.474. The van der Waals surface area contributed by atoms with E-state index >= 15 is 0 Å². The highest BCUT2D eigenvalue weighted by atomic mass is 35.5. The van der Waals surface area contributed by atoms with Gasteiger partial charge in [-0.25, -0.2) is 4.98 Å². The molecule has 16 heavy (non-hydrogen) atoms. The van der Waals surface area contributed by atoms with Gasteiger partial charge in [0, 0.05) is 13.1 Å². The summed E-state index contributed by atoms with van der Waals surface area (Å²) in [4.78, 5) is 21.0. The second-order valence-corrected chi connectivity index (χ2v) is 4.18. The normalized spacial score (nSPS) is 16.9. The van der Waals surface area contributed by atoms with E-state index < -0.39 is 0 Å². The lowest BCUT2D eigenvalue weighted by Crippen LogP contribution is -2.33. The molecule has 1 saturated heterocycles. The van der Waals surface area contributed by atoms with Crippen LogP contribution in [0.5, 0.6) is 0 Å². The third-order valence-corrected chi connectivity index (χ3v) is 2.71. The maximum absolute atomic E-state index is 11.4. The van der Waals surface area contributed by atoms with E-state index in [4.69, 9.17) is 23.2 Å². The Morgan fingerprint density at radius 3 is 3.06 bits per heavy atom. The fourth-order valence-electron chi connectivity index (χ4n) is 1.55. The predicted molar refractivity (Wildman–Crippen MR) is 61.9 cm³/mol. The fraction of sp³-hybridized carbons (Fsp3) is 0.444. The molecular weight excluding hydrogens is 251 g/mol. The number of aromatic nitrogens is 2. The van der Waals surface area contributed by atoms with E-state index in [0.717, 1.165) is 6.42 Å². The van der Waals surface area contributed by atoms with E-state index in [1.807, 2.05) is 0 Å². The lowest BCUT2D eigenvalue weighted by molar-refractivity contribution is -0.119. The minimum Gasteiger partial charge on any atom is -0.354 e. The first kappa shape index (κ1) is 11.4. The first-order valence-electron chi connectivity index (χ1n) is 4.86. The van der Waals surface area contributed by atoms with Crippen molar-refractivity contribution in [3.63, 3.8) is 0 Å². The van der Waals surface area contributed by atoms with Crippen molar-refractivity contribution in [2.75, 3.05) is 24.5 Å². The molecule has 1 aliphatic heterocycles. The monoisotopic (exact) mass is 260 g/mol. The van der Waals surface area contributed by atoms with E-state index in [1.54, 1.807) is 4.90 Å². The Hall–Kier alpha value is -1.07. The van der Waals surface area contributed by atoms with Gasteiger partial charge in [0.25, 0.3) is 0 Å². The molecule has 0 unspecified atom stereocenters. The molecule has 0 aliphatic carbocycles. The average Bonchev–Trinajstić information content (AvgIpc) is 2.46. The van der Waals surface area contributed by atoms with Crippen molar-refractivity contribution >= 4 is 34.9 Å². The largest absolute Gasteiger partial charge is 0.354 e. The molecule has 0 bridgehead atoms. The van der Waals surface area contributed by atoms with Crippen LogP contribution in [0.2, 0.25) is 10.3 Å². The summed E-state index contributed by atoms with van der Waals surface area (Å²) in [6, 6.07) is 0. The molecule has 1 aliphatic rings. The zero-order chi connectivity index (χ0) is 11.5. The highest BCUT2D eigenvalue weighted by Gasteiger charge is 2.18. The molecule has 2 heterocycles. The maximum atomic E-state index is 11.4. The Morgan fingerprint density at radius 1 is 1.44 bits per heavy atom. The Bertz CT molecular complexity index is 412. The molecular formula is C9H10Cl2N4O. The van der Waals surface area contributed by atoms with E-state index in [0.29, 0.717) is 23.9 Å². The van der Waals surface area contributed by atoms with Gasteiger partial charge in [0.15, 0.2) is 5.82 Å². The van der Waals surface area contributed by atoms with Crippen LogP contribution >= 0.6 is 23.2 Å². The van der Waals surface area contributed by atoms with Gasteiger partial charge in [-0.1, -0.05) is 11.6 Å². The molecule has 1 N–H and O–H groups in total. The number of amides is 1. The van der Waals surface area contributed by atoms with Gasteiger partial charge in [-0.15, -0.1) is 0 Å². The molecule has 0 spiro atoms. The summed E-state index contributed by atoms with van der Waals surface area (Å²) in [6.07, 6.45) is 2.29. The van der Waals surface area contributed by atoms with Crippen LogP contribution in [0.3, 0.4) is 0 Å².